The van der Waals surface area contributed by atoms with Crippen LogP contribution in [0.5, 0.6) is 5.75 Å². The van der Waals surface area contributed by atoms with Crippen LogP contribution in [0.1, 0.15) is 36.1 Å². The van der Waals surface area contributed by atoms with Crippen LogP contribution in [-0.4, -0.2) is 23.4 Å². The molecule has 6 heteroatoms. The van der Waals surface area contributed by atoms with Crippen molar-refractivity contribution < 1.29 is 19.4 Å². The maximum absolute atomic E-state index is 13.5. The Labute approximate surface area is 228 Å². The number of aliphatic hydroxyl groups excluding tert-OH is 1. The van der Waals surface area contributed by atoms with Gasteiger partial charge in [0, 0.05) is 22.6 Å². The summed E-state index contributed by atoms with van der Waals surface area (Å²) in [6, 6.07) is 30.9. The molecule has 1 unspecified atom stereocenters. The minimum absolute atomic E-state index is 0.0549. The van der Waals surface area contributed by atoms with Crippen LogP contribution in [-0.2, 0) is 9.59 Å². The molecule has 0 aliphatic carbocycles. The summed E-state index contributed by atoms with van der Waals surface area (Å²) in [5.74, 6) is -0.952. The van der Waals surface area contributed by atoms with E-state index in [4.69, 9.17) is 4.74 Å². The Kier molecular flexibility index (Phi) is 7.46. The van der Waals surface area contributed by atoms with Crippen LogP contribution in [0.15, 0.2) is 109 Å². The fraction of sp³-hybridized carbons (Fsp3) is 0.152. The standard InChI is InChI=1S/C33H30N2O4/c1-3-20-39-28-18-12-23(13-19-28)31(36)29-30(24-9-7-8-22(2)21-24)35(33(38)32(29)37)27-16-14-26(15-17-27)34-25-10-5-4-6-11-25/h4-19,21,30,34,36H,3,20H2,1-2H3/b31-29-. The van der Waals surface area contributed by atoms with Gasteiger partial charge in [0.1, 0.15) is 11.5 Å². The highest BCUT2D eigenvalue weighted by Gasteiger charge is 2.47. The van der Waals surface area contributed by atoms with Crippen molar-refractivity contribution in [2.75, 3.05) is 16.8 Å². The lowest BCUT2D eigenvalue weighted by Gasteiger charge is -2.26. The van der Waals surface area contributed by atoms with E-state index in [1.165, 1.54) is 4.90 Å². The molecule has 196 valence electrons. The number of nitrogens with zero attached hydrogens (tertiary/aromatic N) is 1. The molecule has 4 aromatic rings. The van der Waals surface area contributed by atoms with E-state index in [0.717, 1.165) is 28.9 Å². The molecule has 1 amide bonds. The van der Waals surface area contributed by atoms with E-state index in [1.807, 2.05) is 80.6 Å². The Morgan fingerprint density at radius 2 is 1.56 bits per heavy atom. The van der Waals surface area contributed by atoms with E-state index in [2.05, 4.69) is 5.32 Å². The normalized spacial score (nSPS) is 16.4. The Bertz CT molecular complexity index is 1510. The van der Waals surface area contributed by atoms with Crippen LogP contribution in [0.4, 0.5) is 17.1 Å². The molecule has 0 saturated carbocycles. The summed E-state index contributed by atoms with van der Waals surface area (Å²) >= 11 is 0. The van der Waals surface area contributed by atoms with Crippen molar-refractivity contribution in [3.8, 4) is 5.75 Å². The summed E-state index contributed by atoms with van der Waals surface area (Å²) in [5, 5.41) is 14.7. The highest BCUT2D eigenvalue weighted by atomic mass is 16.5. The number of hydrogen-bond acceptors (Lipinski definition) is 5. The first-order valence-corrected chi connectivity index (χ1v) is 13.0. The van der Waals surface area contributed by atoms with Crippen molar-refractivity contribution >= 4 is 34.5 Å². The van der Waals surface area contributed by atoms with Gasteiger partial charge in [-0.2, -0.15) is 0 Å². The van der Waals surface area contributed by atoms with Gasteiger partial charge in [-0.3, -0.25) is 14.5 Å². The predicted octanol–water partition coefficient (Wildman–Crippen LogP) is 7.15. The van der Waals surface area contributed by atoms with Crippen LogP contribution in [0.25, 0.3) is 5.76 Å². The SMILES string of the molecule is CCCOc1ccc(/C(O)=C2/C(=O)C(=O)N(c3ccc(Nc4ccccc4)cc3)C2c2cccc(C)c2)cc1. The zero-order valence-corrected chi connectivity index (χ0v) is 21.9. The van der Waals surface area contributed by atoms with Gasteiger partial charge in [0.2, 0.25) is 0 Å². The third-order valence-corrected chi connectivity index (χ3v) is 6.61. The number of nitrogens with one attached hydrogen (secondary N) is 1. The second kappa shape index (κ2) is 11.3. The number of rotatable bonds is 8. The Morgan fingerprint density at radius 1 is 0.872 bits per heavy atom. The lowest BCUT2D eigenvalue weighted by atomic mass is 9.94. The molecule has 1 fully saturated rings. The van der Waals surface area contributed by atoms with E-state index in [-0.39, 0.29) is 11.3 Å². The summed E-state index contributed by atoms with van der Waals surface area (Å²) in [4.78, 5) is 28.4. The van der Waals surface area contributed by atoms with Crippen LogP contribution in [0.2, 0.25) is 0 Å². The topological polar surface area (TPSA) is 78.9 Å². The highest BCUT2D eigenvalue weighted by molar-refractivity contribution is 6.51. The quantitative estimate of drug-likeness (QED) is 0.147. The maximum Gasteiger partial charge on any atom is 0.300 e. The van der Waals surface area contributed by atoms with Gasteiger partial charge in [0.15, 0.2) is 0 Å². The minimum Gasteiger partial charge on any atom is -0.507 e. The molecule has 0 bridgehead atoms. The Balaban J connectivity index is 1.55. The van der Waals surface area contributed by atoms with Crippen LogP contribution < -0.4 is 15.0 Å². The molecule has 1 aliphatic rings. The third-order valence-electron chi connectivity index (χ3n) is 6.61. The van der Waals surface area contributed by atoms with Crippen molar-refractivity contribution in [2.24, 2.45) is 0 Å². The second-order valence-corrected chi connectivity index (χ2v) is 9.49. The smallest absolute Gasteiger partial charge is 0.300 e. The number of ketones is 1. The number of benzene rings is 4. The van der Waals surface area contributed by atoms with Gasteiger partial charge < -0.3 is 15.2 Å². The van der Waals surface area contributed by atoms with Gasteiger partial charge in [-0.1, -0.05) is 55.0 Å². The predicted molar refractivity (Wildman–Crippen MR) is 154 cm³/mol. The number of aliphatic hydroxyl groups is 1. The fourth-order valence-electron chi connectivity index (χ4n) is 4.73. The molecule has 2 N–H and O–H groups in total. The van der Waals surface area contributed by atoms with Crippen molar-refractivity contribution in [2.45, 2.75) is 26.3 Å². The van der Waals surface area contributed by atoms with Crippen LogP contribution >= 0.6 is 0 Å². The monoisotopic (exact) mass is 518 g/mol. The van der Waals surface area contributed by atoms with Gasteiger partial charge >= 0.3 is 0 Å². The van der Waals surface area contributed by atoms with Crippen LogP contribution in [0.3, 0.4) is 0 Å². The number of carbonyl (C=O) groups is 2. The van der Waals surface area contributed by atoms with E-state index in [0.29, 0.717) is 23.6 Å². The number of ether oxygens (including phenoxy) is 1. The van der Waals surface area contributed by atoms with Gasteiger partial charge in [0.25, 0.3) is 11.7 Å². The highest BCUT2D eigenvalue weighted by Crippen LogP contribution is 2.42. The first kappa shape index (κ1) is 25.8. The first-order chi connectivity index (χ1) is 19.0. The molecule has 1 heterocycles. The number of Topliss-reactive ketones (excluding diaryl/α,β-unsaturated/α-hetero) is 1. The van der Waals surface area contributed by atoms with Gasteiger partial charge in [-0.15, -0.1) is 0 Å². The summed E-state index contributed by atoms with van der Waals surface area (Å²) < 4.78 is 5.65. The average molecular weight is 519 g/mol. The Morgan fingerprint density at radius 3 is 2.23 bits per heavy atom. The molecular formula is C33H30N2O4. The van der Waals surface area contributed by atoms with E-state index >= 15 is 0 Å². The number of amides is 1. The average Bonchev–Trinajstić information content (AvgIpc) is 3.23. The van der Waals surface area contributed by atoms with Crippen molar-refractivity contribution in [3.05, 3.63) is 125 Å². The number of aryl methyl sites for hydroxylation is 1. The zero-order chi connectivity index (χ0) is 27.4. The Hall–Kier alpha value is -4.84. The number of para-hydroxylation sites is 1. The molecule has 5 rings (SSSR count). The summed E-state index contributed by atoms with van der Waals surface area (Å²) in [6.45, 7) is 4.57. The molecule has 0 radical (unpaired) electrons. The summed E-state index contributed by atoms with van der Waals surface area (Å²) in [5.41, 5.74) is 4.57. The molecule has 1 saturated heterocycles. The number of hydrogen-bond donors (Lipinski definition) is 2. The van der Waals surface area contributed by atoms with Gasteiger partial charge in [0.05, 0.1) is 18.2 Å². The zero-order valence-electron chi connectivity index (χ0n) is 21.9. The van der Waals surface area contributed by atoms with Gasteiger partial charge in [-0.25, -0.2) is 0 Å². The van der Waals surface area contributed by atoms with E-state index < -0.39 is 17.7 Å². The molecule has 39 heavy (non-hydrogen) atoms. The fourth-order valence-corrected chi connectivity index (χ4v) is 4.73. The largest absolute Gasteiger partial charge is 0.507 e. The van der Waals surface area contributed by atoms with Crippen molar-refractivity contribution in [1.29, 1.82) is 0 Å². The minimum atomic E-state index is -0.783. The molecule has 4 aromatic carbocycles. The molecule has 1 aliphatic heterocycles. The summed E-state index contributed by atoms with van der Waals surface area (Å²) in [6.07, 6.45) is 0.880. The van der Waals surface area contributed by atoms with Crippen LogP contribution in [0, 0.1) is 6.92 Å². The lowest BCUT2D eigenvalue weighted by molar-refractivity contribution is -0.132. The summed E-state index contributed by atoms with van der Waals surface area (Å²) in [7, 11) is 0. The van der Waals surface area contributed by atoms with E-state index in [1.54, 1.807) is 36.4 Å². The van der Waals surface area contributed by atoms with Crippen molar-refractivity contribution in [1.82, 2.24) is 0 Å². The molecule has 1 atom stereocenters. The molecule has 6 nitrogen and oxygen atoms in total. The first-order valence-electron chi connectivity index (χ1n) is 13.0. The molecule has 0 spiro atoms. The second-order valence-electron chi connectivity index (χ2n) is 9.49. The number of anilines is 3. The van der Waals surface area contributed by atoms with Gasteiger partial charge in [-0.05, 0) is 79.6 Å². The maximum atomic E-state index is 13.5. The number of carbonyl (C=O) groups excluding carboxylic acids is 2. The molecule has 0 aromatic heterocycles. The molecular weight excluding hydrogens is 488 g/mol. The van der Waals surface area contributed by atoms with Crippen molar-refractivity contribution in [3.63, 3.8) is 0 Å². The lowest BCUT2D eigenvalue weighted by Crippen LogP contribution is -2.29. The van der Waals surface area contributed by atoms with E-state index in [9.17, 15) is 14.7 Å². The third kappa shape index (κ3) is 5.41.